The monoisotopic (exact) mass is 514 g/mol. The van der Waals surface area contributed by atoms with Crippen molar-refractivity contribution in [3.05, 3.63) is 51.3 Å². The Kier molecular flexibility index (Phi) is 5.53. The van der Waals surface area contributed by atoms with E-state index in [-0.39, 0.29) is 4.75 Å². The summed E-state index contributed by atoms with van der Waals surface area (Å²) >= 11 is 16.5. The van der Waals surface area contributed by atoms with Gasteiger partial charge in [0.15, 0.2) is 5.65 Å². The second kappa shape index (κ2) is 7.69. The first kappa shape index (κ1) is 20.8. The molecule has 5 nitrogen and oxygen atoms in total. The Balaban J connectivity index is 1.79. The first-order chi connectivity index (χ1) is 13.8. The van der Waals surface area contributed by atoms with E-state index >= 15 is 0 Å². The Bertz CT molecular complexity index is 1190. The molecular formula is C20H21BrCl2N4OS. The predicted octanol–water partition coefficient (Wildman–Crippen LogP) is 6.52. The average Bonchev–Trinajstić information content (AvgIpc) is 3.30. The van der Waals surface area contributed by atoms with Gasteiger partial charge < -0.3 is 14.4 Å². The Hall–Kier alpha value is -1.41. The van der Waals surface area contributed by atoms with E-state index in [2.05, 4.69) is 43.7 Å². The van der Waals surface area contributed by atoms with Gasteiger partial charge in [0.1, 0.15) is 5.02 Å². The molecule has 29 heavy (non-hydrogen) atoms. The molecule has 0 spiro atoms. The molecule has 2 heterocycles. The lowest BCUT2D eigenvalue weighted by atomic mass is 10.2. The normalized spacial score (nSPS) is 17.1. The standard InChI is InChI=1S/C20H21BrCl2N4OS/c1-3-6-20(7-8-20)29(2,28)26-16-12-27-10-9-24-19(27)17(23)18(16)25-15-5-4-13(21)11-14(15)22/h4-5,9-12,25H,2-3,6-8H2,1H3,(H,26,28). The summed E-state index contributed by atoms with van der Waals surface area (Å²) in [5.41, 5.74) is 2.44. The first-order valence-corrected chi connectivity index (χ1v) is 12.6. The van der Waals surface area contributed by atoms with Crippen LogP contribution < -0.4 is 10.0 Å². The SMILES string of the molecule is C=S(=O)(Nc1cn2ccnc2c(Cl)c1Nc1ccc(Br)cc1Cl)C1(CCC)CC1. The van der Waals surface area contributed by atoms with Gasteiger partial charge in [-0.15, -0.1) is 0 Å². The number of rotatable bonds is 7. The van der Waals surface area contributed by atoms with Gasteiger partial charge in [-0.2, -0.15) is 0 Å². The van der Waals surface area contributed by atoms with E-state index in [1.165, 1.54) is 0 Å². The Labute approximate surface area is 189 Å². The summed E-state index contributed by atoms with van der Waals surface area (Å²) < 4.78 is 19.2. The molecule has 1 saturated carbocycles. The van der Waals surface area contributed by atoms with E-state index in [4.69, 9.17) is 23.2 Å². The van der Waals surface area contributed by atoms with Gasteiger partial charge in [0, 0.05) is 23.1 Å². The molecule has 1 fully saturated rings. The zero-order valence-electron chi connectivity index (χ0n) is 15.8. The number of pyridine rings is 1. The number of imidazole rings is 1. The van der Waals surface area contributed by atoms with Crippen LogP contribution in [-0.4, -0.2) is 24.2 Å². The van der Waals surface area contributed by atoms with Crippen molar-refractivity contribution in [2.24, 2.45) is 0 Å². The summed E-state index contributed by atoms with van der Waals surface area (Å²) in [5, 5.41) is 4.23. The minimum atomic E-state index is -2.59. The second-order valence-electron chi connectivity index (χ2n) is 7.35. The van der Waals surface area contributed by atoms with Crippen LogP contribution in [0.15, 0.2) is 41.3 Å². The minimum absolute atomic E-state index is 0.259. The van der Waals surface area contributed by atoms with Crippen LogP contribution in [0, 0.1) is 0 Å². The van der Waals surface area contributed by atoms with Gasteiger partial charge in [-0.3, -0.25) is 0 Å². The maximum absolute atomic E-state index is 13.6. The maximum Gasteiger partial charge on any atom is 0.157 e. The van der Waals surface area contributed by atoms with Gasteiger partial charge in [0.25, 0.3) is 0 Å². The molecule has 2 N–H and O–H groups in total. The summed E-state index contributed by atoms with van der Waals surface area (Å²) in [6.07, 6.45) is 8.97. The number of nitrogens with one attached hydrogen (secondary N) is 2. The van der Waals surface area contributed by atoms with E-state index in [0.29, 0.717) is 32.8 Å². The molecule has 1 aromatic carbocycles. The van der Waals surface area contributed by atoms with Gasteiger partial charge in [-0.1, -0.05) is 52.5 Å². The van der Waals surface area contributed by atoms with Crippen LogP contribution in [0.4, 0.5) is 17.1 Å². The number of hydrogen-bond donors (Lipinski definition) is 2. The fourth-order valence-corrected chi connectivity index (χ4v) is 6.61. The van der Waals surface area contributed by atoms with Crippen LogP contribution in [0.1, 0.15) is 32.6 Å². The molecule has 0 aliphatic heterocycles. The zero-order chi connectivity index (χ0) is 20.8. The summed E-state index contributed by atoms with van der Waals surface area (Å²) in [5.74, 6) is 4.08. The third-order valence-corrected chi connectivity index (χ3v) is 9.03. The lowest BCUT2D eigenvalue weighted by molar-refractivity contribution is 0.651. The van der Waals surface area contributed by atoms with Gasteiger partial charge in [-0.05, 0) is 43.3 Å². The van der Waals surface area contributed by atoms with Crippen LogP contribution in [0.3, 0.4) is 0 Å². The number of benzene rings is 1. The molecule has 154 valence electrons. The van der Waals surface area contributed by atoms with Crippen molar-refractivity contribution >= 4 is 77.4 Å². The summed E-state index contributed by atoms with van der Waals surface area (Å²) in [7, 11) is -2.59. The number of nitrogens with zero attached hydrogens (tertiary/aromatic N) is 2. The highest BCUT2D eigenvalue weighted by molar-refractivity contribution is 9.10. The smallest absolute Gasteiger partial charge is 0.157 e. The molecular weight excluding hydrogens is 495 g/mol. The first-order valence-electron chi connectivity index (χ1n) is 9.28. The summed E-state index contributed by atoms with van der Waals surface area (Å²) in [4.78, 5) is 4.32. The Morgan fingerprint density at radius 1 is 1.34 bits per heavy atom. The van der Waals surface area contributed by atoms with Gasteiger partial charge in [0.05, 0.1) is 36.5 Å². The number of anilines is 3. The van der Waals surface area contributed by atoms with Crippen molar-refractivity contribution in [3.63, 3.8) is 0 Å². The molecule has 9 heteroatoms. The van der Waals surface area contributed by atoms with E-state index in [0.717, 1.165) is 30.2 Å². The lowest BCUT2D eigenvalue weighted by Crippen LogP contribution is -2.29. The molecule has 4 rings (SSSR count). The highest BCUT2D eigenvalue weighted by Crippen LogP contribution is 2.49. The molecule has 2 aromatic heterocycles. The third kappa shape index (κ3) is 3.85. The van der Waals surface area contributed by atoms with Crippen LogP contribution in [-0.2, 0) is 9.71 Å². The van der Waals surface area contributed by atoms with Crippen molar-refractivity contribution in [1.82, 2.24) is 9.38 Å². The van der Waals surface area contributed by atoms with E-state index in [1.54, 1.807) is 22.9 Å². The van der Waals surface area contributed by atoms with E-state index in [1.807, 2.05) is 18.3 Å². The molecule has 0 saturated heterocycles. The number of halogens is 3. The highest BCUT2D eigenvalue weighted by Gasteiger charge is 2.49. The van der Waals surface area contributed by atoms with Crippen molar-refractivity contribution in [2.45, 2.75) is 37.4 Å². The number of aromatic nitrogens is 2. The van der Waals surface area contributed by atoms with Crippen molar-refractivity contribution < 1.29 is 4.21 Å². The summed E-state index contributed by atoms with van der Waals surface area (Å²) in [6.45, 7) is 2.10. The third-order valence-electron chi connectivity index (χ3n) is 5.30. The van der Waals surface area contributed by atoms with Gasteiger partial charge >= 0.3 is 0 Å². The summed E-state index contributed by atoms with van der Waals surface area (Å²) in [6, 6.07) is 5.53. The number of hydrogen-bond acceptors (Lipinski definition) is 3. The molecule has 3 aromatic rings. The molecule has 0 radical (unpaired) electrons. The zero-order valence-corrected chi connectivity index (χ0v) is 19.8. The average molecular weight is 516 g/mol. The maximum atomic E-state index is 13.6. The molecule has 0 bridgehead atoms. The topological polar surface area (TPSA) is 58.4 Å². The van der Waals surface area contributed by atoms with Crippen molar-refractivity contribution in [1.29, 1.82) is 0 Å². The van der Waals surface area contributed by atoms with Crippen LogP contribution in [0.25, 0.3) is 5.65 Å². The Morgan fingerprint density at radius 3 is 2.76 bits per heavy atom. The van der Waals surface area contributed by atoms with Gasteiger partial charge in [-0.25, -0.2) is 9.19 Å². The van der Waals surface area contributed by atoms with E-state index in [9.17, 15) is 4.21 Å². The fourth-order valence-electron chi connectivity index (χ4n) is 3.57. The van der Waals surface area contributed by atoms with Gasteiger partial charge in [0.2, 0.25) is 0 Å². The number of fused-ring (bicyclic) bond motifs is 1. The molecule has 1 unspecified atom stereocenters. The molecule has 1 atom stereocenters. The van der Waals surface area contributed by atoms with Crippen LogP contribution >= 0.6 is 39.1 Å². The van der Waals surface area contributed by atoms with Crippen LogP contribution in [0.2, 0.25) is 10.0 Å². The van der Waals surface area contributed by atoms with Crippen LogP contribution in [0.5, 0.6) is 0 Å². The Morgan fingerprint density at radius 2 is 2.10 bits per heavy atom. The minimum Gasteiger partial charge on any atom is -0.351 e. The fraction of sp³-hybridized carbons (Fsp3) is 0.300. The van der Waals surface area contributed by atoms with Crippen molar-refractivity contribution in [3.8, 4) is 0 Å². The largest absolute Gasteiger partial charge is 0.351 e. The predicted molar refractivity (Wildman–Crippen MR) is 128 cm³/mol. The molecule has 1 aliphatic rings. The van der Waals surface area contributed by atoms with Crippen molar-refractivity contribution in [2.75, 3.05) is 10.0 Å². The quantitative estimate of drug-likeness (QED) is 0.352. The molecule has 0 amide bonds. The highest BCUT2D eigenvalue weighted by atomic mass is 79.9. The molecule has 1 aliphatic carbocycles. The van der Waals surface area contributed by atoms with E-state index < -0.39 is 9.71 Å². The lowest BCUT2D eigenvalue weighted by Gasteiger charge is -2.24. The second-order valence-corrected chi connectivity index (χ2v) is 11.5.